The fourth-order valence-electron chi connectivity index (χ4n) is 2.73. The Labute approximate surface area is 170 Å². The molecular formula is C20H18ClN3O3S. The SMILES string of the molecule is Cc1cc(C)c(CNC(=O)c2ccc(Cl)c(NC(=O)c3cccs3)c2)c(=O)[nH]1. The minimum Gasteiger partial charge on any atom is -0.348 e. The van der Waals surface area contributed by atoms with Crippen molar-refractivity contribution in [1.82, 2.24) is 10.3 Å². The number of thiophene rings is 1. The maximum absolute atomic E-state index is 12.5. The lowest BCUT2D eigenvalue weighted by Crippen LogP contribution is -2.28. The smallest absolute Gasteiger partial charge is 0.265 e. The van der Waals surface area contributed by atoms with Crippen LogP contribution in [0.25, 0.3) is 0 Å². The maximum atomic E-state index is 12.5. The largest absolute Gasteiger partial charge is 0.348 e. The Kier molecular flexibility index (Phi) is 5.96. The molecule has 0 unspecified atom stereocenters. The standard InChI is InChI=1S/C20H18ClN3O3S/c1-11-8-12(2)23-19(26)14(11)10-22-18(25)13-5-6-15(21)16(9-13)24-20(27)17-4-3-7-28-17/h3-9H,10H2,1-2H3,(H,22,25)(H,23,26)(H,24,27). The molecule has 8 heteroatoms. The number of benzene rings is 1. The first kappa shape index (κ1) is 19.9. The van der Waals surface area contributed by atoms with Crippen molar-refractivity contribution in [1.29, 1.82) is 0 Å². The molecule has 0 spiro atoms. The number of anilines is 1. The molecule has 2 aromatic heterocycles. The van der Waals surface area contributed by atoms with E-state index in [1.54, 1.807) is 36.6 Å². The van der Waals surface area contributed by atoms with Crippen molar-refractivity contribution in [3.05, 3.63) is 84.4 Å². The average Bonchev–Trinajstić information content (AvgIpc) is 3.17. The van der Waals surface area contributed by atoms with Crippen molar-refractivity contribution >= 4 is 40.4 Å². The van der Waals surface area contributed by atoms with Crippen LogP contribution in [0.2, 0.25) is 5.02 Å². The highest BCUT2D eigenvalue weighted by atomic mass is 35.5. The van der Waals surface area contributed by atoms with Crippen LogP contribution in [0.3, 0.4) is 0 Å². The summed E-state index contributed by atoms with van der Waals surface area (Å²) in [5.41, 5.74) is 2.52. The van der Waals surface area contributed by atoms with Gasteiger partial charge in [0.1, 0.15) is 0 Å². The van der Waals surface area contributed by atoms with Gasteiger partial charge in [-0.1, -0.05) is 17.7 Å². The Morgan fingerprint density at radius 1 is 1.14 bits per heavy atom. The van der Waals surface area contributed by atoms with E-state index in [9.17, 15) is 14.4 Å². The highest BCUT2D eigenvalue weighted by Gasteiger charge is 2.14. The van der Waals surface area contributed by atoms with Crippen LogP contribution in [-0.4, -0.2) is 16.8 Å². The lowest BCUT2D eigenvalue weighted by Gasteiger charge is -2.11. The van der Waals surface area contributed by atoms with Gasteiger partial charge < -0.3 is 15.6 Å². The van der Waals surface area contributed by atoms with Crippen molar-refractivity contribution in [3.63, 3.8) is 0 Å². The summed E-state index contributed by atoms with van der Waals surface area (Å²) in [5, 5.41) is 7.57. The molecule has 3 rings (SSSR count). The zero-order valence-corrected chi connectivity index (χ0v) is 16.8. The van der Waals surface area contributed by atoms with Crippen molar-refractivity contribution in [2.45, 2.75) is 20.4 Å². The van der Waals surface area contributed by atoms with Gasteiger partial charge in [-0.2, -0.15) is 0 Å². The molecule has 0 aliphatic heterocycles. The quantitative estimate of drug-likeness (QED) is 0.590. The molecule has 28 heavy (non-hydrogen) atoms. The van der Waals surface area contributed by atoms with Gasteiger partial charge >= 0.3 is 0 Å². The van der Waals surface area contributed by atoms with Crippen LogP contribution in [0.15, 0.2) is 46.6 Å². The Morgan fingerprint density at radius 3 is 2.61 bits per heavy atom. The first-order valence-corrected chi connectivity index (χ1v) is 9.73. The Balaban J connectivity index is 1.74. The van der Waals surface area contributed by atoms with E-state index >= 15 is 0 Å². The molecule has 0 fully saturated rings. The number of rotatable bonds is 5. The van der Waals surface area contributed by atoms with Gasteiger partial charge in [-0.05, 0) is 55.1 Å². The Hall–Kier alpha value is -2.90. The summed E-state index contributed by atoms with van der Waals surface area (Å²) >= 11 is 7.46. The van der Waals surface area contributed by atoms with Gasteiger partial charge in [0, 0.05) is 23.4 Å². The monoisotopic (exact) mass is 415 g/mol. The number of carbonyl (C=O) groups excluding carboxylic acids is 2. The number of aromatic nitrogens is 1. The van der Waals surface area contributed by atoms with Gasteiger partial charge in [0.05, 0.1) is 15.6 Å². The molecule has 0 aliphatic carbocycles. The second-order valence-electron chi connectivity index (χ2n) is 6.25. The molecule has 2 heterocycles. The van der Waals surface area contributed by atoms with Crippen LogP contribution < -0.4 is 16.2 Å². The number of hydrogen-bond acceptors (Lipinski definition) is 4. The van der Waals surface area contributed by atoms with Gasteiger partial charge in [-0.15, -0.1) is 11.3 Å². The highest BCUT2D eigenvalue weighted by molar-refractivity contribution is 7.12. The second-order valence-corrected chi connectivity index (χ2v) is 7.61. The van der Waals surface area contributed by atoms with Crippen LogP contribution in [0.1, 0.15) is 36.9 Å². The Bertz CT molecular complexity index is 1090. The van der Waals surface area contributed by atoms with E-state index in [0.29, 0.717) is 26.7 Å². The third-order valence-corrected chi connectivity index (χ3v) is 5.34. The fraction of sp³-hybridized carbons (Fsp3) is 0.150. The fourth-order valence-corrected chi connectivity index (χ4v) is 3.51. The number of aromatic amines is 1. The van der Waals surface area contributed by atoms with E-state index in [4.69, 9.17) is 11.6 Å². The summed E-state index contributed by atoms with van der Waals surface area (Å²) in [7, 11) is 0. The van der Waals surface area contributed by atoms with Crippen molar-refractivity contribution in [2.24, 2.45) is 0 Å². The summed E-state index contributed by atoms with van der Waals surface area (Å²) in [4.78, 5) is 40.1. The van der Waals surface area contributed by atoms with Gasteiger partial charge in [0.2, 0.25) is 0 Å². The molecule has 3 aromatic rings. The zero-order valence-electron chi connectivity index (χ0n) is 15.3. The third kappa shape index (κ3) is 4.49. The summed E-state index contributed by atoms with van der Waals surface area (Å²) in [6.45, 7) is 3.72. The molecule has 0 aliphatic rings. The van der Waals surface area contributed by atoms with Crippen molar-refractivity contribution < 1.29 is 9.59 Å². The molecule has 3 N–H and O–H groups in total. The number of carbonyl (C=O) groups is 2. The molecule has 6 nitrogen and oxygen atoms in total. The van der Waals surface area contributed by atoms with Crippen LogP contribution in [-0.2, 0) is 6.54 Å². The first-order chi connectivity index (χ1) is 13.3. The maximum Gasteiger partial charge on any atom is 0.265 e. The first-order valence-electron chi connectivity index (χ1n) is 8.47. The van der Waals surface area contributed by atoms with E-state index in [-0.39, 0.29) is 23.9 Å². The second kappa shape index (κ2) is 8.41. The normalized spacial score (nSPS) is 10.5. The number of halogens is 1. The van der Waals surface area contributed by atoms with Crippen LogP contribution in [0, 0.1) is 13.8 Å². The number of nitrogens with one attached hydrogen (secondary N) is 3. The van der Waals surface area contributed by atoms with Crippen LogP contribution in [0.4, 0.5) is 5.69 Å². The Morgan fingerprint density at radius 2 is 1.93 bits per heavy atom. The van der Waals surface area contributed by atoms with Gasteiger partial charge in [0.15, 0.2) is 0 Å². The summed E-state index contributed by atoms with van der Waals surface area (Å²) in [6.07, 6.45) is 0. The molecule has 0 saturated heterocycles. The summed E-state index contributed by atoms with van der Waals surface area (Å²) in [6, 6.07) is 9.94. The zero-order chi connectivity index (χ0) is 20.3. The number of H-pyrrole nitrogens is 1. The molecule has 0 atom stereocenters. The molecule has 0 saturated carbocycles. The van der Waals surface area contributed by atoms with Gasteiger partial charge in [-0.3, -0.25) is 14.4 Å². The molecule has 0 radical (unpaired) electrons. The topological polar surface area (TPSA) is 91.1 Å². The molecule has 0 bridgehead atoms. The number of pyridine rings is 1. The van der Waals surface area contributed by atoms with Crippen LogP contribution >= 0.6 is 22.9 Å². The molecule has 1 aromatic carbocycles. The lowest BCUT2D eigenvalue weighted by molar-refractivity contribution is 0.0949. The highest BCUT2D eigenvalue weighted by Crippen LogP contribution is 2.24. The van der Waals surface area contributed by atoms with E-state index < -0.39 is 0 Å². The lowest BCUT2D eigenvalue weighted by atomic mass is 10.1. The van der Waals surface area contributed by atoms with E-state index in [2.05, 4.69) is 15.6 Å². The van der Waals surface area contributed by atoms with Crippen LogP contribution in [0.5, 0.6) is 0 Å². The predicted octanol–water partition coefficient (Wildman–Crippen LogP) is 3.89. The number of aryl methyl sites for hydroxylation is 2. The minimum atomic E-state index is -0.373. The molecule has 144 valence electrons. The van der Waals surface area contributed by atoms with Crippen molar-refractivity contribution in [2.75, 3.05) is 5.32 Å². The number of hydrogen-bond donors (Lipinski definition) is 3. The van der Waals surface area contributed by atoms with E-state index in [1.807, 2.05) is 13.0 Å². The van der Waals surface area contributed by atoms with E-state index in [1.165, 1.54) is 17.4 Å². The third-order valence-electron chi connectivity index (χ3n) is 4.14. The molecular weight excluding hydrogens is 398 g/mol. The summed E-state index contributed by atoms with van der Waals surface area (Å²) in [5.74, 6) is -0.668. The average molecular weight is 416 g/mol. The van der Waals surface area contributed by atoms with Gasteiger partial charge in [-0.25, -0.2) is 0 Å². The summed E-state index contributed by atoms with van der Waals surface area (Å²) < 4.78 is 0. The molecule has 2 amide bonds. The number of amides is 2. The van der Waals surface area contributed by atoms with Gasteiger partial charge in [0.25, 0.3) is 17.4 Å². The van der Waals surface area contributed by atoms with Crippen molar-refractivity contribution in [3.8, 4) is 0 Å². The van der Waals surface area contributed by atoms with E-state index in [0.717, 1.165) is 11.3 Å². The minimum absolute atomic E-state index is 0.0970. The predicted molar refractivity (Wildman–Crippen MR) is 111 cm³/mol.